The van der Waals surface area contributed by atoms with Crippen molar-refractivity contribution in [1.82, 2.24) is 20.6 Å². The molecular weight excluding hydrogens is 412 g/mol. The molecule has 1 aromatic heterocycles. The molecule has 162 valence electrons. The third kappa shape index (κ3) is 11.9. The van der Waals surface area contributed by atoms with Crippen LogP contribution in [0.15, 0.2) is 12.5 Å². The predicted octanol–water partition coefficient (Wildman–Crippen LogP) is -0.323. The smallest absolute Gasteiger partial charge is 0.540 e. The van der Waals surface area contributed by atoms with Crippen LogP contribution in [-0.4, -0.2) is 53.2 Å². The number of nitrogens with two attached hydrogens (primary N) is 2. The van der Waals surface area contributed by atoms with Crippen molar-refractivity contribution in [2.45, 2.75) is 63.5 Å². The van der Waals surface area contributed by atoms with Crippen LogP contribution in [0.3, 0.4) is 0 Å². The Kier molecular flexibility index (Phi) is 15.2. The Morgan fingerprint density at radius 3 is 2.75 bits per heavy atom. The molecule has 9 nitrogen and oxygen atoms in total. The Morgan fingerprint density at radius 1 is 1.32 bits per heavy atom. The van der Waals surface area contributed by atoms with E-state index in [1.165, 1.54) is 12.7 Å². The van der Waals surface area contributed by atoms with Crippen molar-refractivity contribution in [3.63, 3.8) is 0 Å². The zero-order valence-corrected chi connectivity index (χ0v) is 17.0. The molecule has 2 heterocycles. The molecule has 0 spiro atoms. The Hall–Kier alpha value is -1.74. The standard InChI is InChI=1S/C12H20N5O2.C6H11NO.Cu/c13-4-2-1-3-11(14)12(19)17-10(7-18)5-9-6-15-8-16-9;8-6-4-2-1-3-5-7-6;/h6,8,10-11H,1-5,13-14H2,(H,15,16)(H,17,19);1-5H2,(H,7,8);/q-1;;+1/t10-,11-;;/m0../s1. The number of imidazole rings is 1. The van der Waals surface area contributed by atoms with Crippen LogP contribution in [0.25, 0.3) is 0 Å². The molecule has 28 heavy (non-hydrogen) atoms. The molecule has 1 aromatic rings. The van der Waals surface area contributed by atoms with E-state index >= 15 is 0 Å². The van der Waals surface area contributed by atoms with Gasteiger partial charge in [-0.15, -0.1) is 0 Å². The van der Waals surface area contributed by atoms with E-state index in [0.717, 1.165) is 44.3 Å². The van der Waals surface area contributed by atoms with E-state index in [4.69, 9.17) is 11.5 Å². The van der Waals surface area contributed by atoms with Crippen molar-refractivity contribution in [3.05, 3.63) is 18.2 Å². The molecule has 7 N–H and O–H groups in total. The van der Waals surface area contributed by atoms with E-state index in [0.29, 0.717) is 19.4 Å². The van der Waals surface area contributed by atoms with E-state index in [2.05, 4.69) is 20.6 Å². The summed E-state index contributed by atoms with van der Waals surface area (Å²) in [5, 5.41) is 5.37. The van der Waals surface area contributed by atoms with Crippen molar-refractivity contribution >= 4 is 18.1 Å². The van der Waals surface area contributed by atoms with Crippen LogP contribution < -0.4 is 22.1 Å². The number of aromatic nitrogens is 2. The van der Waals surface area contributed by atoms with Crippen LogP contribution >= 0.6 is 0 Å². The summed E-state index contributed by atoms with van der Waals surface area (Å²) >= 11 is 0. The van der Waals surface area contributed by atoms with Gasteiger partial charge in [0.1, 0.15) is 0 Å². The molecule has 2 rings (SSSR count). The molecule has 10 heteroatoms. The summed E-state index contributed by atoms with van der Waals surface area (Å²) in [6.07, 6.45) is 11.6. The number of unbranched alkanes of at least 4 members (excludes halogenated alkanes) is 1. The van der Waals surface area contributed by atoms with Crippen LogP contribution in [0.1, 0.15) is 50.6 Å². The predicted molar refractivity (Wildman–Crippen MR) is 102 cm³/mol. The normalized spacial score (nSPS) is 15.6. The fourth-order valence-electron chi connectivity index (χ4n) is 2.56. The first-order valence-electron chi connectivity index (χ1n) is 9.44. The Labute approximate surface area is 176 Å². The summed E-state index contributed by atoms with van der Waals surface area (Å²) in [6.45, 7) is 1.47. The van der Waals surface area contributed by atoms with Gasteiger partial charge in [0.25, 0.3) is 0 Å². The topological polar surface area (TPSA) is 156 Å². The molecule has 0 aliphatic carbocycles. The van der Waals surface area contributed by atoms with E-state index in [-0.39, 0.29) is 28.9 Å². The molecule has 0 radical (unpaired) electrons. The first-order valence-corrected chi connectivity index (χ1v) is 9.44. The minimum atomic E-state index is -0.714. The number of amides is 2. The zero-order valence-electron chi connectivity index (χ0n) is 16.0. The third-order valence-electron chi connectivity index (χ3n) is 4.15. The second-order valence-electron chi connectivity index (χ2n) is 6.51. The van der Waals surface area contributed by atoms with Crippen LogP contribution in [-0.2, 0) is 37.9 Å². The summed E-state index contributed by atoms with van der Waals surface area (Å²) in [5.74, 6) is -0.118. The van der Waals surface area contributed by atoms with Crippen molar-refractivity contribution in [3.8, 4) is 0 Å². The number of nitrogens with zero attached hydrogens (tertiary/aromatic N) is 1. The van der Waals surface area contributed by atoms with Crippen molar-refractivity contribution in [1.29, 1.82) is 0 Å². The first kappa shape index (κ1) is 26.3. The van der Waals surface area contributed by atoms with Gasteiger partial charge in [-0.25, -0.2) is 11.3 Å². The van der Waals surface area contributed by atoms with Gasteiger partial charge in [0.2, 0.25) is 11.8 Å². The maximum absolute atomic E-state index is 11.8. The molecule has 2 amide bonds. The molecule has 0 saturated carbocycles. The van der Waals surface area contributed by atoms with Crippen molar-refractivity contribution < 1.29 is 31.5 Å². The third-order valence-corrected chi connectivity index (χ3v) is 4.15. The van der Waals surface area contributed by atoms with Gasteiger partial charge >= 0.3 is 17.1 Å². The van der Waals surface area contributed by atoms with Gasteiger partial charge < -0.3 is 31.9 Å². The minimum absolute atomic E-state index is 0. The number of H-pyrrole nitrogens is 1. The van der Waals surface area contributed by atoms with Gasteiger partial charge in [-0.3, -0.25) is 9.59 Å². The molecule has 1 aliphatic rings. The molecule has 1 fully saturated rings. The fourth-order valence-corrected chi connectivity index (χ4v) is 2.56. The SMILES string of the molecule is NCCCC[C@H](N)C(=O)N[C@H]([C-]=O)Cc1cnc[nH]1.O=C1CCCCCN1.[Cu+]. The molecule has 0 aromatic carbocycles. The summed E-state index contributed by atoms with van der Waals surface area (Å²) in [7, 11) is 0. The average molecular weight is 443 g/mol. The Balaban J connectivity index is 0.000000678. The number of carbonyl (C=O) groups excluding carboxylic acids is 3. The Bertz CT molecular complexity index is 546. The van der Waals surface area contributed by atoms with Crippen molar-refractivity contribution in [2.75, 3.05) is 13.1 Å². The van der Waals surface area contributed by atoms with Gasteiger partial charge in [0.15, 0.2) is 0 Å². The molecule has 0 bridgehead atoms. The molecule has 0 unspecified atom stereocenters. The second kappa shape index (κ2) is 16.2. The second-order valence-corrected chi connectivity index (χ2v) is 6.51. The van der Waals surface area contributed by atoms with Gasteiger partial charge in [-0.1, -0.05) is 18.9 Å². The van der Waals surface area contributed by atoms with Crippen LogP contribution in [0.5, 0.6) is 0 Å². The summed E-state index contributed by atoms with van der Waals surface area (Å²) in [5.41, 5.74) is 11.9. The monoisotopic (exact) mass is 442 g/mol. The Morgan fingerprint density at radius 2 is 2.11 bits per heavy atom. The minimum Gasteiger partial charge on any atom is -0.540 e. The maximum Gasteiger partial charge on any atom is 1.00 e. The molecular formula is C18H31CuN6O3. The number of hydrogen-bond acceptors (Lipinski definition) is 6. The van der Waals surface area contributed by atoms with Crippen LogP contribution in [0.2, 0.25) is 0 Å². The van der Waals surface area contributed by atoms with Crippen LogP contribution in [0.4, 0.5) is 0 Å². The van der Waals surface area contributed by atoms with Gasteiger partial charge in [-0.2, -0.15) is 0 Å². The fraction of sp³-hybridized carbons (Fsp3) is 0.667. The number of carbonyl (C=O) groups is 2. The number of aromatic amines is 1. The van der Waals surface area contributed by atoms with E-state index in [9.17, 15) is 14.4 Å². The molecule has 1 saturated heterocycles. The van der Waals surface area contributed by atoms with E-state index in [1.807, 2.05) is 0 Å². The number of nitrogens with one attached hydrogen (secondary N) is 3. The quantitative estimate of drug-likeness (QED) is 0.200. The van der Waals surface area contributed by atoms with Crippen LogP contribution in [0, 0.1) is 0 Å². The average Bonchev–Trinajstić information content (AvgIpc) is 3.06. The first-order chi connectivity index (χ1) is 13.1. The van der Waals surface area contributed by atoms with Gasteiger partial charge in [0.05, 0.1) is 12.4 Å². The number of hydrogen-bond donors (Lipinski definition) is 5. The van der Waals surface area contributed by atoms with E-state index < -0.39 is 12.1 Å². The van der Waals surface area contributed by atoms with Crippen molar-refractivity contribution in [2.24, 2.45) is 11.5 Å². The van der Waals surface area contributed by atoms with E-state index in [1.54, 1.807) is 12.5 Å². The largest absolute Gasteiger partial charge is 1.00 e. The summed E-state index contributed by atoms with van der Waals surface area (Å²) in [6, 6.07) is -1.34. The molecule has 1 aliphatic heterocycles. The summed E-state index contributed by atoms with van der Waals surface area (Å²) < 4.78 is 0. The summed E-state index contributed by atoms with van der Waals surface area (Å²) in [4.78, 5) is 39.9. The maximum atomic E-state index is 11.8. The molecule has 2 atom stereocenters. The van der Waals surface area contributed by atoms with Gasteiger partial charge in [0, 0.05) is 24.9 Å². The zero-order chi connectivity index (χ0) is 19.9. The number of rotatable bonds is 9. The van der Waals surface area contributed by atoms with Gasteiger partial charge in [-0.05, 0) is 38.6 Å².